The van der Waals surface area contributed by atoms with Gasteiger partial charge >= 0.3 is 12.0 Å². The Labute approximate surface area is 147 Å². The molecule has 0 fully saturated rings. The maximum absolute atomic E-state index is 11.6. The number of benzene rings is 1. The second-order valence-corrected chi connectivity index (χ2v) is 6.20. The van der Waals surface area contributed by atoms with Gasteiger partial charge in [-0.2, -0.15) is 0 Å². The molecule has 7 heteroatoms. The second kappa shape index (κ2) is 9.46. The molecule has 0 saturated carbocycles. The van der Waals surface area contributed by atoms with Gasteiger partial charge in [-0.25, -0.2) is 9.59 Å². The van der Waals surface area contributed by atoms with Crippen LogP contribution in [0.25, 0.3) is 6.08 Å². The van der Waals surface area contributed by atoms with Gasteiger partial charge in [-0.3, -0.25) is 10.1 Å². The molecule has 0 radical (unpaired) electrons. The molecule has 1 aromatic rings. The number of nitrogens with one attached hydrogen (secondary N) is 2. The van der Waals surface area contributed by atoms with Gasteiger partial charge in [-0.05, 0) is 51.5 Å². The van der Waals surface area contributed by atoms with E-state index in [-0.39, 0.29) is 0 Å². The Kier molecular flexibility index (Phi) is 7.65. The van der Waals surface area contributed by atoms with Crippen molar-refractivity contribution in [2.45, 2.75) is 33.2 Å². The van der Waals surface area contributed by atoms with Gasteiger partial charge in [0.15, 0.2) is 6.61 Å². The van der Waals surface area contributed by atoms with Gasteiger partial charge in [0.2, 0.25) is 0 Å². The number of carbonyl (C=O) groups is 3. The van der Waals surface area contributed by atoms with Crippen LogP contribution in [0.4, 0.5) is 4.79 Å². The van der Waals surface area contributed by atoms with E-state index >= 15 is 0 Å². The third-order valence-electron chi connectivity index (χ3n) is 2.69. The first kappa shape index (κ1) is 20.2. The first-order valence-corrected chi connectivity index (χ1v) is 7.89. The van der Waals surface area contributed by atoms with Crippen LogP contribution < -0.4 is 15.4 Å². The number of carbonyl (C=O) groups excluding carboxylic acids is 3. The van der Waals surface area contributed by atoms with Crippen molar-refractivity contribution in [3.63, 3.8) is 0 Å². The summed E-state index contributed by atoms with van der Waals surface area (Å²) in [5, 5.41) is 4.64. The van der Waals surface area contributed by atoms with Crippen LogP contribution in [0.1, 0.15) is 33.3 Å². The zero-order valence-corrected chi connectivity index (χ0v) is 14.9. The van der Waals surface area contributed by atoms with Gasteiger partial charge in [0.25, 0.3) is 5.91 Å². The fraction of sp³-hybridized carbons (Fsp3) is 0.389. The zero-order valence-electron chi connectivity index (χ0n) is 14.9. The standard InChI is InChI=1S/C18H24N2O5/c1-5-24-14-9-6-13(7-10-14)8-11-16(22)25-12-15(21)19-17(23)20-18(2,3)4/h6-11H,5,12H2,1-4H3,(H2,19,20,21,23). The van der Waals surface area contributed by atoms with Crippen LogP contribution in [0.15, 0.2) is 30.3 Å². The minimum absolute atomic E-state index is 0.471. The number of amides is 3. The summed E-state index contributed by atoms with van der Waals surface area (Å²) >= 11 is 0. The number of hydrogen-bond donors (Lipinski definition) is 2. The average Bonchev–Trinajstić information content (AvgIpc) is 2.50. The van der Waals surface area contributed by atoms with Crippen LogP contribution in [0.5, 0.6) is 5.75 Å². The van der Waals surface area contributed by atoms with E-state index in [1.54, 1.807) is 51.1 Å². The number of urea groups is 1. The Hall–Kier alpha value is -2.83. The molecule has 0 bridgehead atoms. The summed E-state index contributed by atoms with van der Waals surface area (Å²) in [6, 6.07) is 6.51. The quantitative estimate of drug-likeness (QED) is 0.607. The number of ether oxygens (including phenoxy) is 2. The van der Waals surface area contributed by atoms with Gasteiger partial charge in [0, 0.05) is 11.6 Å². The molecular weight excluding hydrogens is 324 g/mol. The molecule has 0 spiro atoms. The molecule has 0 aliphatic carbocycles. The Balaban J connectivity index is 2.38. The van der Waals surface area contributed by atoms with Crippen molar-refractivity contribution in [2.24, 2.45) is 0 Å². The predicted molar refractivity (Wildman–Crippen MR) is 94.0 cm³/mol. The normalized spacial score (nSPS) is 11.0. The summed E-state index contributed by atoms with van der Waals surface area (Å²) in [5.41, 5.74) is 0.316. The summed E-state index contributed by atoms with van der Waals surface area (Å²) < 4.78 is 10.1. The van der Waals surface area contributed by atoms with E-state index in [0.717, 1.165) is 11.3 Å². The van der Waals surface area contributed by atoms with Crippen molar-refractivity contribution in [1.82, 2.24) is 10.6 Å². The Morgan fingerprint density at radius 2 is 1.76 bits per heavy atom. The van der Waals surface area contributed by atoms with Crippen molar-refractivity contribution in [3.05, 3.63) is 35.9 Å². The lowest BCUT2D eigenvalue weighted by atomic mass is 10.1. The van der Waals surface area contributed by atoms with E-state index < -0.39 is 30.1 Å². The summed E-state index contributed by atoms with van der Waals surface area (Å²) in [7, 11) is 0. The van der Waals surface area contributed by atoms with Crippen molar-refractivity contribution < 1.29 is 23.9 Å². The second-order valence-electron chi connectivity index (χ2n) is 6.20. The molecule has 3 amide bonds. The minimum Gasteiger partial charge on any atom is -0.494 e. The fourth-order valence-corrected chi connectivity index (χ4v) is 1.73. The van der Waals surface area contributed by atoms with E-state index in [1.165, 1.54) is 6.08 Å². The summed E-state index contributed by atoms with van der Waals surface area (Å²) in [5.74, 6) is -0.641. The fourth-order valence-electron chi connectivity index (χ4n) is 1.73. The van der Waals surface area contributed by atoms with Crippen LogP contribution in [0, 0.1) is 0 Å². The molecule has 7 nitrogen and oxygen atoms in total. The van der Waals surface area contributed by atoms with E-state index in [4.69, 9.17) is 9.47 Å². The monoisotopic (exact) mass is 348 g/mol. The molecule has 0 aliphatic rings. The van der Waals surface area contributed by atoms with Crippen LogP contribution in [0.2, 0.25) is 0 Å². The van der Waals surface area contributed by atoms with Crippen LogP contribution >= 0.6 is 0 Å². The van der Waals surface area contributed by atoms with Crippen LogP contribution in [-0.4, -0.2) is 36.7 Å². The van der Waals surface area contributed by atoms with Crippen molar-refractivity contribution in [2.75, 3.05) is 13.2 Å². The maximum Gasteiger partial charge on any atom is 0.331 e. The smallest absolute Gasteiger partial charge is 0.331 e. The van der Waals surface area contributed by atoms with Crippen molar-refractivity contribution in [1.29, 1.82) is 0 Å². The molecule has 25 heavy (non-hydrogen) atoms. The molecule has 0 aromatic heterocycles. The lowest BCUT2D eigenvalue weighted by Gasteiger charge is -2.20. The largest absolute Gasteiger partial charge is 0.494 e. The zero-order chi connectivity index (χ0) is 18.9. The molecule has 2 N–H and O–H groups in total. The lowest BCUT2D eigenvalue weighted by Crippen LogP contribution is -2.49. The molecule has 1 aromatic carbocycles. The molecule has 0 unspecified atom stereocenters. The Morgan fingerprint density at radius 3 is 2.32 bits per heavy atom. The third kappa shape index (κ3) is 9.14. The molecule has 0 aliphatic heterocycles. The Morgan fingerprint density at radius 1 is 1.12 bits per heavy atom. The highest BCUT2D eigenvalue weighted by atomic mass is 16.5. The first-order valence-electron chi connectivity index (χ1n) is 7.89. The maximum atomic E-state index is 11.6. The summed E-state index contributed by atoms with van der Waals surface area (Å²) in [6.45, 7) is 7.28. The van der Waals surface area contributed by atoms with Gasteiger partial charge in [0.1, 0.15) is 5.75 Å². The van der Waals surface area contributed by atoms with E-state index in [9.17, 15) is 14.4 Å². The molecular formula is C18H24N2O5. The van der Waals surface area contributed by atoms with Crippen molar-refractivity contribution >= 4 is 24.0 Å². The van der Waals surface area contributed by atoms with Gasteiger partial charge in [-0.1, -0.05) is 12.1 Å². The topological polar surface area (TPSA) is 93.7 Å². The third-order valence-corrected chi connectivity index (χ3v) is 2.69. The molecule has 1 rings (SSSR count). The van der Waals surface area contributed by atoms with Crippen LogP contribution in [-0.2, 0) is 14.3 Å². The highest BCUT2D eigenvalue weighted by molar-refractivity contribution is 5.96. The number of imide groups is 1. The molecule has 0 atom stereocenters. The highest BCUT2D eigenvalue weighted by Crippen LogP contribution is 2.13. The highest BCUT2D eigenvalue weighted by Gasteiger charge is 2.16. The van der Waals surface area contributed by atoms with Crippen molar-refractivity contribution in [3.8, 4) is 5.75 Å². The number of esters is 1. The first-order chi connectivity index (χ1) is 11.7. The van der Waals surface area contributed by atoms with Gasteiger partial charge < -0.3 is 14.8 Å². The van der Waals surface area contributed by atoms with E-state index in [2.05, 4.69) is 10.6 Å². The number of rotatable bonds is 6. The SMILES string of the molecule is CCOc1ccc(C=CC(=O)OCC(=O)NC(=O)NC(C)(C)C)cc1. The van der Waals surface area contributed by atoms with Crippen LogP contribution in [0.3, 0.4) is 0 Å². The van der Waals surface area contributed by atoms with Gasteiger partial charge in [-0.15, -0.1) is 0 Å². The summed E-state index contributed by atoms with van der Waals surface area (Å²) in [4.78, 5) is 34.6. The van der Waals surface area contributed by atoms with E-state index in [0.29, 0.717) is 6.61 Å². The molecule has 0 heterocycles. The number of hydrogen-bond acceptors (Lipinski definition) is 5. The lowest BCUT2D eigenvalue weighted by molar-refractivity contribution is -0.143. The molecule has 0 saturated heterocycles. The minimum atomic E-state index is -0.704. The predicted octanol–water partition coefficient (Wildman–Crippen LogP) is 2.27. The van der Waals surface area contributed by atoms with E-state index in [1.807, 2.05) is 6.92 Å². The average molecular weight is 348 g/mol. The summed E-state index contributed by atoms with van der Waals surface area (Å²) in [6.07, 6.45) is 2.76. The molecule has 136 valence electrons. The van der Waals surface area contributed by atoms with Gasteiger partial charge in [0.05, 0.1) is 6.61 Å². The Bertz CT molecular complexity index is 630.